The summed E-state index contributed by atoms with van der Waals surface area (Å²) < 4.78 is 13.7. The molecule has 0 saturated carbocycles. The van der Waals surface area contributed by atoms with Crippen molar-refractivity contribution < 1.29 is 14.3 Å². The van der Waals surface area contributed by atoms with Crippen LogP contribution in [0.5, 0.6) is 0 Å². The second-order valence-electron chi connectivity index (χ2n) is 8.21. The Morgan fingerprint density at radius 3 is 2.71 bits per heavy atom. The zero-order chi connectivity index (χ0) is 21.6. The SMILES string of the molecule is C[C@@H](C[C@@H]1CC[C@H]([C@@H](C)Cn2cc(-c3ccccn3)nn2)O1)OC(=O)c1ccccc1. The first-order chi connectivity index (χ1) is 15.1. The van der Waals surface area contributed by atoms with Crippen LogP contribution in [0.2, 0.25) is 0 Å². The number of ether oxygens (including phenoxy) is 2. The smallest absolute Gasteiger partial charge is 0.338 e. The van der Waals surface area contributed by atoms with Crippen LogP contribution in [0.15, 0.2) is 60.9 Å². The molecule has 4 rings (SSSR count). The Morgan fingerprint density at radius 1 is 1.13 bits per heavy atom. The van der Waals surface area contributed by atoms with Crippen molar-refractivity contribution in [2.45, 2.75) is 58.0 Å². The van der Waals surface area contributed by atoms with E-state index in [2.05, 4.69) is 22.2 Å². The minimum absolute atomic E-state index is 0.103. The van der Waals surface area contributed by atoms with E-state index in [0.29, 0.717) is 17.9 Å². The maximum absolute atomic E-state index is 12.2. The molecule has 31 heavy (non-hydrogen) atoms. The predicted molar refractivity (Wildman–Crippen MR) is 116 cm³/mol. The predicted octanol–water partition coefficient (Wildman–Crippen LogP) is 4.16. The molecule has 0 aliphatic carbocycles. The number of esters is 1. The molecule has 7 nitrogen and oxygen atoms in total. The molecule has 0 unspecified atom stereocenters. The minimum Gasteiger partial charge on any atom is -0.459 e. The molecular weight excluding hydrogens is 392 g/mol. The Labute approximate surface area is 182 Å². The number of benzene rings is 1. The van der Waals surface area contributed by atoms with Crippen LogP contribution in [-0.4, -0.2) is 44.3 Å². The van der Waals surface area contributed by atoms with Crippen LogP contribution in [0.3, 0.4) is 0 Å². The van der Waals surface area contributed by atoms with Crippen LogP contribution < -0.4 is 0 Å². The maximum atomic E-state index is 12.2. The normalized spacial score (nSPS) is 20.3. The van der Waals surface area contributed by atoms with Gasteiger partial charge in [0.25, 0.3) is 0 Å². The lowest BCUT2D eigenvalue weighted by molar-refractivity contribution is -0.0192. The lowest BCUT2D eigenvalue weighted by Crippen LogP contribution is -2.25. The average molecular weight is 421 g/mol. The number of aromatic nitrogens is 4. The molecule has 4 atom stereocenters. The van der Waals surface area contributed by atoms with Gasteiger partial charge >= 0.3 is 5.97 Å². The number of hydrogen-bond donors (Lipinski definition) is 0. The zero-order valence-electron chi connectivity index (χ0n) is 17.9. The van der Waals surface area contributed by atoms with E-state index in [9.17, 15) is 4.79 Å². The second kappa shape index (κ2) is 9.83. The summed E-state index contributed by atoms with van der Waals surface area (Å²) in [6.45, 7) is 4.83. The van der Waals surface area contributed by atoms with E-state index >= 15 is 0 Å². The van der Waals surface area contributed by atoms with Crippen molar-refractivity contribution in [3.8, 4) is 11.4 Å². The Bertz CT molecular complexity index is 977. The number of pyridine rings is 1. The van der Waals surface area contributed by atoms with Crippen LogP contribution in [0.1, 0.15) is 43.5 Å². The molecule has 3 aromatic rings. The fraction of sp³-hybridized carbons (Fsp3) is 0.417. The number of hydrogen-bond acceptors (Lipinski definition) is 6. The first kappa shape index (κ1) is 21.2. The van der Waals surface area contributed by atoms with E-state index < -0.39 is 0 Å². The van der Waals surface area contributed by atoms with Crippen LogP contribution in [0, 0.1) is 5.92 Å². The lowest BCUT2D eigenvalue weighted by Gasteiger charge is -2.21. The molecule has 1 aliphatic heterocycles. The highest BCUT2D eigenvalue weighted by Gasteiger charge is 2.31. The zero-order valence-corrected chi connectivity index (χ0v) is 17.9. The average Bonchev–Trinajstić information content (AvgIpc) is 3.45. The molecule has 0 spiro atoms. The van der Waals surface area contributed by atoms with Gasteiger partial charge in [-0.2, -0.15) is 0 Å². The highest BCUT2D eigenvalue weighted by atomic mass is 16.5. The van der Waals surface area contributed by atoms with E-state index in [0.717, 1.165) is 30.8 Å². The van der Waals surface area contributed by atoms with Crippen molar-refractivity contribution in [1.82, 2.24) is 20.0 Å². The minimum atomic E-state index is -0.286. The fourth-order valence-corrected chi connectivity index (χ4v) is 4.00. The summed E-state index contributed by atoms with van der Waals surface area (Å²) in [6.07, 6.45) is 6.41. The number of carbonyl (C=O) groups excluding carboxylic acids is 1. The van der Waals surface area contributed by atoms with Crippen LogP contribution in [0.4, 0.5) is 0 Å². The van der Waals surface area contributed by atoms with Crippen molar-refractivity contribution in [2.75, 3.05) is 0 Å². The molecule has 1 aromatic carbocycles. The first-order valence-electron chi connectivity index (χ1n) is 10.8. The molecule has 1 aliphatic rings. The molecule has 0 radical (unpaired) electrons. The van der Waals surface area contributed by atoms with Gasteiger partial charge in [0.15, 0.2) is 0 Å². The molecule has 1 fully saturated rings. The van der Waals surface area contributed by atoms with Gasteiger partial charge in [0, 0.05) is 25.1 Å². The van der Waals surface area contributed by atoms with E-state index in [1.807, 2.05) is 54.2 Å². The molecule has 0 N–H and O–H groups in total. The van der Waals surface area contributed by atoms with Crippen LogP contribution >= 0.6 is 0 Å². The number of nitrogens with zero attached hydrogens (tertiary/aromatic N) is 4. The molecule has 1 saturated heterocycles. The molecule has 0 amide bonds. The summed E-state index contributed by atoms with van der Waals surface area (Å²) in [6, 6.07) is 14.8. The van der Waals surface area contributed by atoms with Crippen molar-refractivity contribution in [1.29, 1.82) is 0 Å². The number of carbonyl (C=O) groups is 1. The van der Waals surface area contributed by atoms with Crippen molar-refractivity contribution in [2.24, 2.45) is 5.92 Å². The Balaban J connectivity index is 1.25. The van der Waals surface area contributed by atoms with Gasteiger partial charge in [0.2, 0.25) is 0 Å². The van der Waals surface area contributed by atoms with Crippen molar-refractivity contribution in [3.05, 3.63) is 66.5 Å². The van der Waals surface area contributed by atoms with E-state index in [1.54, 1.807) is 18.3 Å². The van der Waals surface area contributed by atoms with E-state index in [-0.39, 0.29) is 24.3 Å². The molecule has 162 valence electrons. The topological polar surface area (TPSA) is 79.1 Å². The number of rotatable bonds is 8. The Hall–Kier alpha value is -3.06. The molecule has 3 heterocycles. The third-order valence-corrected chi connectivity index (χ3v) is 5.63. The summed E-state index contributed by atoms with van der Waals surface area (Å²) >= 11 is 0. The Kier molecular flexibility index (Phi) is 6.72. The van der Waals surface area contributed by atoms with Crippen molar-refractivity contribution >= 4 is 5.97 Å². The second-order valence-corrected chi connectivity index (χ2v) is 8.21. The highest BCUT2D eigenvalue weighted by Crippen LogP contribution is 2.29. The lowest BCUT2D eigenvalue weighted by atomic mass is 10.0. The van der Waals surface area contributed by atoms with Crippen LogP contribution in [0.25, 0.3) is 11.4 Å². The third-order valence-electron chi connectivity index (χ3n) is 5.63. The summed E-state index contributed by atoms with van der Waals surface area (Å²) in [5, 5.41) is 8.48. The summed E-state index contributed by atoms with van der Waals surface area (Å²) in [7, 11) is 0. The van der Waals surface area contributed by atoms with Crippen LogP contribution in [-0.2, 0) is 16.0 Å². The van der Waals surface area contributed by atoms with Gasteiger partial charge in [-0.25, -0.2) is 4.79 Å². The van der Waals surface area contributed by atoms with Gasteiger partial charge in [-0.3, -0.25) is 9.67 Å². The van der Waals surface area contributed by atoms with Gasteiger partial charge in [-0.1, -0.05) is 36.4 Å². The molecule has 7 heteroatoms. The fourth-order valence-electron chi connectivity index (χ4n) is 4.00. The van der Waals surface area contributed by atoms with Gasteiger partial charge in [-0.15, -0.1) is 5.10 Å². The van der Waals surface area contributed by atoms with Crippen molar-refractivity contribution in [3.63, 3.8) is 0 Å². The Morgan fingerprint density at radius 2 is 1.94 bits per heavy atom. The van der Waals surface area contributed by atoms with Gasteiger partial charge < -0.3 is 9.47 Å². The maximum Gasteiger partial charge on any atom is 0.338 e. The molecular formula is C24H28N4O3. The van der Waals surface area contributed by atoms with E-state index in [1.165, 1.54) is 0 Å². The highest BCUT2D eigenvalue weighted by molar-refractivity contribution is 5.89. The van der Waals surface area contributed by atoms with Gasteiger partial charge in [0.05, 0.1) is 29.7 Å². The molecule has 2 aromatic heterocycles. The van der Waals surface area contributed by atoms with Gasteiger partial charge in [-0.05, 0) is 44.0 Å². The monoisotopic (exact) mass is 420 g/mol. The summed E-state index contributed by atoms with van der Waals surface area (Å²) in [5.74, 6) is 0.0105. The summed E-state index contributed by atoms with van der Waals surface area (Å²) in [5.41, 5.74) is 2.16. The largest absolute Gasteiger partial charge is 0.459 e. The van der Waals surface area contributed by atoms with Gasteiger partial charge in [0.1, 0.15) is 11.8 Å². The third kappa shape index (κ3) is 5.55. The molecule has 0 bridgehead atoms. The quantitative estimate of drug-likeness (QED) is 0.509. The summed E-state index contributed by atoms with van der Waals surface area (Å²) in [4.78, 5) is 16.5. The first-order valence-corrected chi connectivity index (χ1v) is 10.8. The standard InChI is InChI=1S/C24H28N4O3/c1-17(15-28-16-22(26-27-28)21-10-6-7-13-25-21)23-12-11-20(31-23)14-18(2)30-24(29)19-8-4-3-5-9-19/h3-10,13,16-18,20,23H,11-12,14-15H2,1-2H3/t17-,18-,20-,23+/m0/s1. The van der Waals surface area contributed by atoms with E-state index in [4.69, 9.17) is 9.47 Å².